The second-order valence-electron chi connectivity index (χ2n) is 4.94. The first kappa shape index (κ1) is 12.1. The summed E-state index contributed by atoms with van der Waals surface area (Å²) >= 11 is 1.89. The Kier molecular flexibility index (Phi) is 3.62. The van der Waals surface area contributed by atoms with Gasteiger partial charge >= 0.3 is 0 Å². The van der Waals surface area contributed by atoms with Crippen molar-refractivity contribution in [2.45, 2.75) is 37.0 Å². The van der Waals surface area contributed by atoms with Crippen molar-refractivity contribution in [2.75, 3.05) is 5.75 Å². The van der Waals surface area contributed by atoms with Crippen LogP contribution in [0.2, 0.25) is 0 Å². The molecule has 0 saturated heterocycles. The molecular weight excluding hydrogens is 244 g/mol. The summed E-state index contributed by atoms with van der Waals surface area (Å²) < 4.78 is 5.68. The zero-order chi connectivity index (χ0) is 12.4. The fraction of sp³-hybridized carbons (Fsp3) is 0.467. The topological polar surface area (TPSA) is 33.4 Å². The van der Waals surface area contributed by atoms with E-state index in [1.54, 1.807) is 0 Å². The van der Waals surface area contributed by atoms with Gasteiger partial charge in [0.15, 0.2) is 0 Å². The highest BCUT2D eigenvalue weighted by Crippen LogP contribution is 2.33. The summed E-state index contributed by atoms with van der Waals surface area (Å²) in [6, 6.07) is 9.85. The molecule has 1 fully saturated rings. The van der Waals surface area contributed by atoms with E-state index in [1.807, 2.05) is 42.1 Å². The van der Waals surface area contributed by atoms with Crippen molar-refractivity contribution in [1.29, 1.82) is 0 Å². The average molecular weight is 262 g/mol. The lowest BCUT2D eigenvalue weighted by molar-refractivity contribution is 0.176. The molecule has 1 unspecified atom stereocenters. The Hall–Kier alpha value is -0.930. The van der Waals surface area contributed by atoms with Crippen LogP contribution in [-0.4, -0.2) is 16.1 Å². The van der Waals surface area contributed by atoms with E-state index in [1.165, 1.54) is 25.7 Å². The van der Waals surface area contributed by atoms with E-state index in [4.69, 9.17) is 4.42 Å². The molecule has 1 aliphatic carbocycles. The predicted molar refractivity (Wildman–Crippen MR) is 75.9 cm³/mol. The minimum Gasteiger partial charge on any atom is -0.458 e. The summed E-state index contributed by atoms with van der Waals surface area (Å²) in [4.78, 5) is 0. The lowest BCUT2D eigenvalue weighted by atomic mass is 10.2. The number of benzene rings is 1. The highest BCUT2D eigenvalue weighted by Gasteiger charge is 2.19. The molecule has 0 radical (unpaired) electrons. The molecule has 2 aromatic rings. The molecule has 2 nitrogen and oxygen atoms in total. The molecule has 1 heterocycles. The quantitative estimate of drug-likeness (QED) is 0.899. The van der Waals surface area contributed by atoms with Crippen molar-refractivity contribution < 1.29 is 9.52 Å². The molecule has 1 aromatic heterocycles. The molecule has 1 aliphatic rings. The van der Waals surface area contributed by atoms with E-state index >= 15 is 0 Å². The number of furan rings is 1. The highest BCUT2D eigenvalue weighted by atomic mass is 32.2. The SMILES string of the molecule is OC(CSC1CCCC1)c1cc2ccccc2o1. The molecule has 0 bridgehead atoms. The van der Waals surface area contributed by atoms with Crippen molar-refractivity contribution in [3.05, 3.63) is 36.1 Å². The largest absolute Gasteiger partial charge is 0.458 e. The van der Waals surface area contributed by atoms with Crippen LogP contribution in [-0.2, 0) is 0 Å². The molecule has 96 valence electrons. The third-order valence-electron chi connectivity index (χ3n) is 3.57. The van der Waals surface area contributed by atoms with Crippen LogP contribution in [0.5, 0.6) is 0 Å². The Morgan fingerprint density at radius 3 is 2.83 bits per heavy atom. The molecule has 1 atom stereocenters. The number of hydrogen-bond acceptors (Lipinski definition) is 3. The van der Waals surface area contributed by atoms with E-state index in [0.717, 1.165) is 22.0 Å². The Bertz CT molecular complexity index is 481. The number of aliphatic hydroxyl groups is 1. The van der Waals surface area contributed by atoms with Gasteiger partial charge in [-0.15, -0.1) is 0 Å². The van der Waals surface area contributed by atoms with Crippen LogP contribution in [0.3, 0.4) is 0 Å². The van der Waals surface area contributed by atoms with Crippen molar-refractivity contribution in [3.8, 4) is 0 Å². The first-order valence-corrected chi connectivity index (χ1v) is 7.66. The molecule has 3 rings (SSSR count). The fourth-order valence-electron chi connectivity index (χ4n) is 2.53. The molecule has 1 saturated carbocycles. The second kappa shape index (κ2) is 5.37. The number of fused-ring (bicyclic) bond motifs is 1. The van der Waals surface area contributed by atoms with Crippen molar-refractivity contribution in [1.82, 2.24) is 0 Å². The maximum absolute atomic E-state index is 10.2. The molecule has 1 aromatic carbocycles. The number of para-hydroxylation sites is 1. The Morgan fingerprint density at radius 1 is 1.28 bits per heavy atom. The molecular formula is C15H18O2S. The monoisotopic (exact) mass is 262 g/mol. The maximum atomic E-state index is 10.2. The number of thioether (sulfide) groups is 1. The van der Waals surface area contributed by atoms with Crippen molar-refractivity contribution >= 4 is 22.7 Å². The summed E-state index contributed by atoms with van der Waals surface area (Å²) in [5.74, 6) is 1.44. The molecule has 0 aliphatic heterocycles. The van der Waals surface area contributed by atoms with Gasteiger partial charge in [0.05, 0.1) is 0 Å². The number of aliphatic hydroxyl groups excluding tert-OH is 1. The zero-order valence-corrected chi connectivity index (χ0v) is 11.2. The third-order valence-corrected chi connectivity index (χ3v) is 5.02. The minimum atomic E-state index is -0.483. The zero-order valence-electron chi connectivity index (χ0n) is 10.3. The van der Waals surface area contributed by atoms with E-state index in [2.05, 4.69) is 0 Å². The maximum Gasteiger partial charge on any atom is 0.134 e. The summed E-state index contributed by atoms with van der Waals surface area (Å²) in [7, 11) is 0. The van der Waals surface area contributed by atoms with Gasteiger partial charge in [-0.25, -0.2) is 0 Å². The van der Waals surface area contributed by atoms with Gasteiger partial charge in [-0.1, -0.05) is 31.0 Å². The first-order valence-electron chi connectivity index (χ1n) is 6.61. The minimum absolute atomic E-state index is 0.483. The lowest BCUT2D eigenvalue weighted by Gasteiger charge is -2.11. The van der Waals surface area contributed by atoms with Gasteiger partial charge in [0, 0.05) is 16.4 Å². The molecule has 1 N–H and O–H groups in total. The summed E-state index contributed by atoms with van der Waals surface area (Å²) in [6.07, 6.45) is 4.81. The van der Waals surface area contributed by atoms with Crippen molar-refractivity contribution in [3.63, 3.8) is 0 Å². The van der Waals surface area contributed by atoms with Gasteiger partial charge in [-0.05, 0) is 25.0 Å². The Morgan fingerprint density at radius 2 is 2.06 bits per heavy atom. The molecule has 3 heteroatoms. The smallest absolute Gasteiger partial charge is 0.134 e. The van der Waals surface area contributed by atoms with Gasteiger partial charge in [0.2, 0.25) is 0 Å². The summed E-state index contributed by atoms with van der Waals surface area (Å²) in [5, 5.41) is 12.0. The highest BCUT2D eigenvalue weighted by molar-refractivity contribution is 7.99. The predicted octanol–water partition coefficient (Wildman–Crippen LogP) is 4.14. The van der Waals surface area contributed by atoms with E-state index < -0.39 is 6.10 Å². The first-order chi connectivity index (χ1) is 8.83. The standard InChI is InChI=1S/C15H18O2S/c16-13(10-18-12-6-2-3-7-12)15-9-11-5-1-4-8-14(11)17-15/h1,4-5,8-9,12-13,16H,2-3,6-7,10H2. The third kappa shape index (κ3) is 2.57. The normalized spacial score (nSPS) is 18.5. The number of rotatable bonds is 4. The van der Waals surface area contributed by atoms with E-state index in [0.29, 0.717) is 5.76 Å². The van der Waals surface area contributed by atoms with Crippen LogP contribution in [0.25, 0.3) is 11.0 Å². The Balaban J connectivity index is 1.65. The molecule has 0 spiro atoms. The van der Waals surface area contributed by atoms with Crippen LogP contribution < -0.4 is 0 Å². The molecule has 0 amide bonds. The van der Waals surface area contributed by atoms with Crippen LogP contribution >= 0.6 is 11.8 Å². The Labute approximate surface area is 111 Å². The van der Waals surface area contributed by atoms with Crippen molar-refractivity contribution in [2.24, 2.45) is 0 Å². The molecule has 18 heavy (non-hydrogen) atoms. The van der Waals surface area contributed by atoms with Crippen LogP contribution in [0.4, 0.5) is 0 Å². The summed E-state index contributed by atoms with van der Waals surface area (Å²) in [5.41, 5.74) is 0.859. The van der Waals surface area contributed by atoms with Crippen LogP contribution in [0, 0.1) is 0 Å². The van der Waals surface area contributed by atoms with Gasteiger partial charge in [0.25, 0.3) is 0 Å². The van der Waals surface area contributed by atoms with E-state index in [-0.39, 0.29) is 0 Å². The number of hydrogen-bond donors (Lipinski definition) is 1. The fourth-order valence-corrected chi connectivity index (χ4v) is 3.82. The second-order valence-corrected chi connectivity index (χ2v) is 6.28. The van der Waals surface area contributed by atoms with Crippen LogP contribution in [0.1, 0.15) is 37.5 Å². The lowest BCUT2D eigenvalue weighted by Crippen LogP contribution is -2.03. The van der Waals surface area contributed by atoms with Gasteiger partial charge in [-0.2, -0.15) is 11.8 Å². The van der Waals surface area contributed by atoms with Crippen LogP contribution in [0.15, 0.2) is 34.7 Å². The van der Waals surface area contributed by atoms with E-state index in [9.17, 15) is 5.11 Å². The van der Waals surface area contributed by atoms with Gasteiger partial charge in [-0.3, -0.25) is 0 Å². The average Bonchev–Trinajstić information content (AvgIpc) is 3.04. The van der Waals surface area contributed by atoms with Gasteiger partial charge < -0.3 is 9.52 Å². The summed E-state index contributed by atoms with van der Waals surface area (Å²) in [6.45, 7) is 0. The van der Waals surface area contributed by atoms with Gasteiger partial charge in [0.1, 0.15) is 17.4 Å².